The van der Waals surface area contributed by atoms with Crippen molar-refractivity contribution in [3.63, 3.8) is 0 Å². The molecule has 216 valence electrons. The summed E-state index contributed by atoms with van der Waals surface area (Å²) in [6.07, 6.45) is 0.905. The first kappa shape index (κ1) is 29.9. The average Bonchev–Trinajstić information content (AvgIpc) is 2.97. The molecular weight excluding hydrogens is 544 g/mol. The molecule has 0 aromatic heterocycles. The van der Waals surface area contributed by atoms with E-state index in [4.69, 9.17) is 11.6 Å². The monoisotopic (exact) mass is 578 g/mol. The average molecular weight is 579 g/mol. The highest BCUT2D eigenvalue weighted by Gasteiger charge is 2.31. The van der Waals surface area contributed by atoms with Crippen molar-refractivity contribution in [2.24, 2.45) is 5.92 Å². The first-order valence-electron chi connectivity index (χ1n) is 13.8. The second-order valence-corrected chi connectivity index (χ2v) is 10.6. The Bertz CT molecular complexity index is 1360. The minimum absolute atomic E-state index is 0.0502. The zero-order valence-corrected chi connectivity index (χ0v) is 23.4. The Morgan fingerprint density at radius 3 is 2.29 bits per heavy atom. The summed E-state index contributed by atoms with van der Waals surface area (Å²) in [5, 5.41) is 22.3. The number of halogens is 1. The third kappa shape index (κ3) is 8.44. The van der Waals surface area contributed by atoms with Gasteiger partial charge in [-0.25, -0.2) is 4.79 Å². The second-order valence-electron chi connectivity index (χ2n) is 10.3. The number of hydrogen-bond donors (Lipinski definition) is 5. The molecule has 0 saturated carbocycles. The topological polar surface area (TPSA) is 137 Å². The maximum atomic E-state index is 13.5. The molecule has 9 nitrogen and oxygen atoms in total. The lowest BCUT2D eigenvalue weighted by molar-refractivity contribution is -0.130. The van der Waals surface area contributed by atoms with Crippen LogP contribution in [0.3, 0.4) is 0 Å². The molecule has 3 aromatic carbocycles. The Balaban J connectivity index is 1.52. The van der Waals surface area contributed by atoms with E-state index in [1.807, 2.05) is 72.8 Å². The Morgan fingerprint density at radius 2 is 1.56 bits per heavy atom. The molecule has 4 amide bonds. The maximum absolute atomic E-state index is 13.5. The zero-order chi connectivity index (χ0) is 29.2. The Labute approximate surface area is 244 Å². The lowest BCUT2D eigenvalue weighted by Gasteiger charge is -2.28. The normalized spacial score (nSPS) is 17.1. The largest absolute Gasteiger partial charge is 0.465 e. The summed E-state index contributed by atoms with van der Waals surface area (Å²) in [5.41, 5.74) is 1.62. The molecular formula is C31H35ClN4O5. The molecule has 1 fully saturated rings. The maximum Gasteiger partial charge on any atom is 0.405 e. The van der Waals surface area contributed by atoms with Crippen LogP contribution in [0, 0.1) is 5.92 Å². The summed E-state index contributed by atoms with van der Waals surface area (Å²) >= 11 is 6.19. The van der Waals surface area contributed by atoms with Crippen molar-refractivity contribution in [3.05, 3.63) is 83.9 Å². The summed E-state index contributed by atoms with van der Waals surface area (Å²) in [7, 11) is 0. The number of benzene rings is 3. The number of carbonyl (C=O) groups is 4. The highest BCUT2D eigenvalue weighted by atomic mass is 35.5. The third-order valence-electron chi connectivity index (χ3n) is 7.33. The zero-order valence-electron chi connectivity index (χ0n) is 22.6. The molecule has 3 aromatic rings. The van der Waals surface area contributed by atoms with E-state index in [2.05, 4.69) is 21.3 Å². The van der Waals surface area contributed by atoms with Crippen molar-refractivity contribution in [2.45, 2.75) is 50.2 Å². The van der Waals surface area contributed by atoms with E-state index in [-0.39, 0.29) is 30.5 Å². The van der Waals surface area contributed by atoms with Gasteiger partial charge in [-0.05, 0) is 41.2 Å². The first-order valence-corrected chi connectivity index (χ1v) is 14.3. The molecule has 0 spiro atoms. The lowest BCUT2D eigenvalue weighted by Crippen LogP contribution is -2.56. The lowest BCUT2D eigenvalue weighted by atomic mass is 9.92. The quantitative estimate of drug-likeness (QED) is 0.210. The predicted octanol–water partition coefficient (Wildman–Crippen LogP) is 3.39. The van der Waals surface area contributed by atoms with Crippen molar-refractivity contribution >= 4 is 46.2 Å². The molecule has 1 heterocycles. The molecule has 4 atom stereocenters. The SMILES string of the molecule is O=C(O)NC(Cc1cccc2ccccc12)C(=O)NC(Cc1ccccc1)C(=O)NC(CCl)C[C@@H]1CCCNC1=O. The fourth-order valence-corrected chi connectivity index (χ4v) is 5.45. The number of fused-ring (bicyclic) bond motifs is 1. The van der Waals surface area contributed by atoms with Crippen molar-refractivity contribution in [3.8, 4) is 0 Å². The fraction of sp³-hybridized carbons (Fsp3) is 0.355. The smallest absolute Gasteiger partial charge is 0.405 e. The van der Waals surface area contributed by atoms with E-state index in [1.165, 1.54) is 0 Å². The van der Waals surface area contributed by atoms with Gasteiger partial charge in [0.25, 0.3) is 0 Å². The van der Waals surface area contributed by atoms with Gasteiger partial charge in [0, 0.05) is 37.2 Å². The highest BCUT2D eigenvalue weighted by molar-refractivity contribution is 6.18. The molecule has 1 aliphatic rings. The molecule has 5 N–H and O–H groups in total. The Morgan fingerprint density at radius 1 is 0.878 bits per heavy atom. The molecule has 0 aliphatic carbocycles. The molecule has 10 heteroatoms. The molecule has 0 bridgehead atoms. The van der Waals surface area contributed by atoms with Crippen molar-refractivity contribution in [1.82, 2.24) is 21.3 Å². The highest BCUT2D eigenvalue weighted by Crippen LogP contribution is 2.21. The number of rotatable bonds is 12. The molecule has 3 unspecified atom stereocenters. The Hall–Kier alpha value is -4.11. The van der Waals surface area contributed by atoms with Crippen molar-refractivity contribution in [2.75, 3.05) is 12.4 Å². The summed E-state index contributed by atoms with van der Waals surface area (Å²) in [6.45, 7) is 0.642. The number of carboxylic acid groups (broad SMARTS) is 1. The van der Waals surface area contributed by atoms with Crippen LogP contribution in [-0.2, 0) is 27.2 Å². The van der Waals surface area contributed by atoms with Gasteiger partial charge in [-0.1, -0.05) is 72.8 Å². The van der Waals surface area contributed by atoms with Crippen LogP contribution in [0.5, 0.6) is 0 Å². The predicted molar refractivity (Wildman–Crippen MR) is 158 cm³/mol. The summed E-state index contributed by atoms with van der Waals surface area (Å²) in [4.78, 5) is 51.0. The summed E-state index contributed by atoms with van der Waals surface area (Å²) in [5.74, 6) is -1.27. The van der Waals surface area contributed by atoms with Gasteiger partial charge >= 0.3 is 6.09 Å². The van der Waals surface area contributed by atoms with Gasteiger partial charge in [0.2, 0.25) is 17.7 Å². The molecule has 0 radical (unpaired) electrons. The number of nitrogens with one attached hydrogen (secondary N) is 4. The fourth-order valence-electron chi connectivity index (χ4n) is 5.25. The number of alkyl halides is 1. The van der Waals surface area contributed by atoms with Gasteiger partial charge in [-0.2, -0.15) is 0 Å². The van der Waals surface area contributed by atoms with E-state index in [0.717, 1.165) is 34.7 Å². The molecule has 41 heavy (non-hydrogen) atoms. The van der Waals surface area contributed by atoms with Crippen LogP contribution >= 0.6 is 11.6 Å². The van der Waals surface area contributed by atoms with Gasteiger partial charge in [0.1, 0.15) is 12.1 Å². The number of amides is 4. The van der Waals surface area contributed by atoms with Crippen LogP contribution in [0.2, 0.25) is 0 Å². The van der Waals surface area contributed by atoms with Crippen LogP contribution in [0.25, 0.3) is 10.8 Å². The second kappa shape index (κ2) is 14.5. The minimum atomic E-state index is -1.34. The van der Waals surface area contributed by atoms with Gasteiger partial charge in [0.05, 0.1) is 0 Å². The number of carbonyl (C=O) groups excluding carboxylic acids is 3. The van der Waals surface area contributed by atoms with Gasteiger partial charge in [-0.15, -0.1) is 11.6 Å². The minimum Gasteiger partial charge on any atom is -0.465 e. The number of piperidine rings is 1. The van der Waals surface area contributed by atoms with Gasteiger partial charge < -0.3 is 26.4 Å². The van der Waals surface area contributed by atoms with Gasteiger partial charge in [-0.3, -0.25) is 14.4 Å². The van der Waals surface area contributed by atoms with E-state index in [1.54, 1.807) is 0 Å². The van der Waals surface area contributed by atoms with Crippen LogP contribution in [0.15, 0.2) is 72.8 Å². The molecule has 4 rings (SSSR count). The Kier molecular flexibility index (Phi) is 10.6. The van der Waals surface area contributed by atoms with E-state index < -0.39 is 36.0 Å². The van der Waals surface area contributed by atoms with E-state index in [9.17, 15) is 24.3 Å². The van der Waals surface area contributed by atoms with E-state index >= 15 is 0 Å². The summed E-state index contributed by atoms with van der Waals surface area (Å²) < 4.78 is 0. The van der Waals surface area contributed by atoms with Crippen LogP contribution < -0.4 is 21.3 Å². The van der Waals surface area contributed by atoms with E-state index in [0.29, 0.717) is 13.0 Å². The van der Waals surface area contributed by atoms with Crippen molar-refractivity contribution in [1.29, 1.82) is 0 Å². The summed E-state index contributed by atoms with van der Waals surface area (Å²) in [6, 6.07) is 19.9. The first-order chi connectivity index (χ1) is 19.8. The molecule has 1 aliphatic heterocycles. The van der Waals surface area contributed by atoms with Gasteiger partial charge in [0.15, 0.2) is 0 Å². The molecule has 1 saturated heterocycles. The standard InChI is InChI=1S/C31H35ClN4O5/c32-19-24(17-23-13-7-15-33-28(23)37)34-29(38)26(16-20-8-2-1-3-9-20)35-30(39)27(36-31(40)41)18-22-12-6-11-21-10-4-5-14-25(21)22/h1-6,8-12,14,23-24,26-27,36H,7,13,15-19H2,(H,33,37)(H,34,38)(H,35,39)(H,40,41)/t23-,24?,26?,27?/m0/s1. The van der Waals surface area contributed by atoms with Crippen LogP contribution in [0.1, 0.15) is 30.4 Å². The third-order valence-corrected chi connectivity index (χ3v) is 7.71. The van der Waals surface area contributed by atoms with Crippen LogP contribution in [0.4, 0.5) is 4.79 Å². The van der Waals surface area contributed by atoms with Crippen molar-refractivity contribution < 1.29 is 24.3 Å². The number of hydrogen-bond acceptors (Lipinski definition) is 4. The van der Waals surface area contributed by atoms with Crippen LogP contribution in [-0.4, -0.2) is 59.5 Å².